The molecule has 0 spiro atoms. The number of amides is 1. The maximum Gasteiger partial charge on any atom is 0.223 e. The monoisotopic (exact) mass is 292 g/mol. The lowest BCUT2D eigenvalue weighted by atomic mass is 10.0. The van der Waals surface area contributed by atoms with Gasteiger partial charge in [0.1, 0.15) is 11.6 Å². The molecular formula is C15H24N4O2. The van der Waals surface area contributed by atoms with E-state index in [2.05, 4.69) is 9.97 Å². The molecule has 1 amide bonds. The first-order chi connectivity index (χ1) is 10.0. The first kappa shape index (κ1) is 15.7. The van der Waals surface area contributed by atoms with Gasteiger partial charge < -0.3 is 14.5 Å². The van der Waals surface area contributed by atoms with E-state index >= 15 is 0 Å². The molecule has 0 radical (unpaired) electrons. The summed E-state index contributed by atoms with van der Waals surface area (Å²) < 4.78 is 5.04. The molecular weight excluding hydrogens is 268 g/mol. The van der Waals surface area contributed by atoms with Crippen LogP contribution < -0.4 is 4.90 Å². The van der Waals surface area contributed by atoms with Gasteiger partial charge in [-0.1, -0.05) is 0 Å². The number of hydrogen-bond acceptors (Lipinski definition) is 5. The van der Waals surface area contributed by atoms with Gasteiger partial charge >= 0.3 is 0 Å². The molecule has 1 aromatic rings. The third-order valence-corrected chi connectivity index (χ3v) is 3.75. The number of hydrogen-bond donors (Lipinski definition) is 0. The number of rotatable bonds is 6. The molecule has 0 bridgehead atoms. The molecule has 1 saturated heterocycles. The molecule has 116 valence electrons. The predicted molar refractivity (Wildman–Crippen MR) is 81.4 cm³/mol. The number of nitrogens with zero attached hydrogens (tertiary/aromatic N) is 4. The fourth-order valence-electron chi connectivity index (χ4n) is 2.69. The Hall–Kier alpha value is -1.69. The topological polar surface area (TPSA) is 58.6 Å². The Morgan fingerprint density at radius 3 is 2.90 bits per heavy atom. The number of aromatic nitrogens is 2. The van der Waals surface area contributed by atoms with Gasteiger partial charge in [-0.15, -0.1) is 0 Å². The molecule has 1 aliphatic rings. The van der Waals surface area contributed by atoms with Crippen molar-refractivity contribution in [1.29, 1.82) is 0 Å². The molecule has 0 N–H and O–H groups in total. The molecule has 1 aromatic heterocycles. The minimum Gasteiger partial charge on any atom is -0.383 e. The Kier molecular flexibility index (Phi) is 5.12. The van der Waals surface area contributed by atoms with Crippen LogP contribution in [0.25, 0.3) is 0 Å². The van der Waals surface area contributed by atoms with E-state index in [0.717, 1.165) is 30.2 Å². The highest BCUT2D eigenvalue weighted by atomic mass is 16.5. The molecule has 0 saturated carbocycles. The van der Waals surface area contributed by atoms with Crippen molar-refractivity contribution < 1.29 is 9.53 Å². The van der Waals surface area contributed by atoms with Crippen molar-refractivity contribution in [2.45, 2.75) is 19.8 Å². The average Bonchev–Trinajstić information content (AvgIpc) is 2.78. The van der Waals surface area contributed by atoms with Crippen LogP contribution in [0.1, 0.15) is 17.8 Å². The van der Waals surface area contributed by atoms with Crippen LogP contribution >= 0.6 is 0 Å². The van der Waals surface area contributed by atoms with E-state index < -0.39 is 0 Å². The summed E-state index contributed by atoms with van der Waals surface area (Å²) in [7, 11) is 5.61. The van der Waals surface area contributed by atoms with E-state index in [1.807, 2.05) is 37.0 Å². The van der Waals surface area contributed by atoms with Crippen LogP contribution in [0.2, 0.25) is 0 Å². The van der Waals surface area contributed by atoms with Gasteiger partial charge in [0, 0.05) is 58.9 Å². The Morgan fingerprint density at radius 1 is 1.48 bits per heavy atom. The molecule has 6 heteroatoms. The van der Waals surface area contributed by atoms with Crippen molar-refractivity contribution in [3.63, 3.8) is 0 Å². The van der Waals surface area contributed by atoms with Crippen molar-refractivity contribution in [3.8, 4) is 0 Å². The van der Waals surface area contributed by atoms with Crippen LogP contribution in [0.5, 0.6) is 0 Å². The summed E-state index contributed by atoms with van der Waals surface area (Å²) in [6.07, 6.45) is 3.19. The number of aryl methyl sites for hydroxylation is 1. The van der Waals surface area contributed by atoms with Gasteiger partial charge in [-0.05, 0) is 12.8 Å². The van der Waals surface area contributed by atoms with Crippen LogP contribution in [-0.4, -0.2) is 61.7 Å². The van der Waals surface area contributed by atoms with Gasteiger partial charge in [0.2, 0.25) is 5.91 Å². The summed E-state index contributed by atoms with van der Waals surface area (Å²) in [4.78, 5) is 24.8. The Bertz CT molecular complexity index is 504. The average molecular weight is 292 g/mol. The molecule has 1 aliphatic heterocycles. The van der Waals surface area contributed by atoms with Crippen LogP contribution in [0.15, 0.2) is 6.20 Å². The Morgan fingerprint density at radius 2 is 2.24 bits per heavy atom. The summed E-state index contributed by atoms with van der Waals surface area (Å²) in [6, 6.07) is 0. The maximum absolute atomic E-state index is 11.9. The van der Waals surface area contributed by atoms with E-state index in [4.69, 9.17) is 4.74 Å². The SMILES string of the molecule is COCCN1C[C@H](Cc2ncc(C)c(N(C)C)n2)CC1=O. The first-order valence-corrected chi connectivity index (χ1v) is 7.27. The minimum atomic E-state index is 0.206. The number of carbonyl (C=O) groups is 1. The number of ether oxygens (including phenoxy) is 1. The lowest BCUT2D eigenvalue weighted by Gasteiger charge is -2.17. The standard InChI is InChI=1S/C15H24N4O2/c1-11-9-16-13(17-15(11)18(2)3)7-12-8-14(20)19(10-12)5-6-21-4/h9,12H,5-8,10H2,1-4H3/t12-/m1/s1. The largest absolute Gasteiger partial charge is 0.383 e. The highest BCUT2D eigenvalue weighted by Gasteiger charge is 2.29. The van der Waals surface area contributed by atoms with Gasteiger partial charge in [-0.2, -0.15) is 0 Å². The zero-order valence-electron chi connectivity index (χ0n) is 13.3. The van der Waals surface area contributed by atoms with Gasteiger partial charge in [0.05, 0.1) is 6.61 Å². The third kappa shape index (κ3) is 3.91. The normalized spacial score (nSPS) is 18.4. The van der Waals surface area contributed by atoms with Crippen molar-refractivity contribution >= 4 is 11.7 Å². The zero-order valence-corrected chi connectivity index (χ0v) is 13.3. The lowest BCUT2D eigenvalue weighted by molar-refractivity contribution is -0.128. The van der Waals surface area contributed by atoms with Crippen molar-refractivity contribution in [2.24, 2.45) is 5.92 Å². The second-order valence-corrected chi connectivity index (χ2v) is 5.79. The summed E-state index contributed by atoms with van der Waals surface area (Å²) in [5.41, 5.74) is 1.06. The van der Waals surface area contributed by atoms with Crippen LogP contribution in [0.3, 0.4) is 0 Å². The summed E-state index contributed by atoms with van der Waals surface area (Å²) >= 11 is 0. The maximum atomic E-state index is 11.9. The summed E-state index contributed by atoms with van der Waals surface area (Å²) in [5.74, 6) is 2.26. The molecule has 6 nitrogen and oxygen atoms in total. The van der Waals surface area contributed by atoms with Gasteiger partial charge in [0.15, 0.2) is 0 Å². The van der Waals surface area contributed by atoms with E-state index in [1.54, 1.807) is 7.11 Å². The molecule has 2 rings (SSSR count). The molecule has 1 fully saturated rings. The Labute approximate surface area is 126 Å². The highest BCUT2D eigenvalue weighted by molar-refractivity contribution is 5.78. The van der Waals surface area contributed by atoms with Crippen molar-refractivity contribution in [2.75, 3.05) is 45.8 Å². The van der Waals surface area contributed by atoms with Crippen LogP contribution in [0.4, 0.5) is 5.82 Å². The fourth-order valence-corrected chi connectivity index (χ4v) is 2.69. The summed E-state index contributed by atoms with van der Waals surface area (Å²) in [6.45, 7) is 4.04. The Balaban J connectivity index is 1.99. The predicted octanol–water partition coefficient (Wildman–Crippen LogP) is 0.888. The zero-order chi connectivity index (χ0) is 15.4. The quantitative estimate of drug-likeness (QED) is 0.779. The van der Waals surface area contributed by atoms with E-state index in [9.17, 15) is 4.79 Å². The minimum absolute atomic E-state index is 0.206. The van der Waals surface area contributed by atoms with Gasteiger partial charge in [-0.3, -0.25) is 4.79 Å². The van der Waals surface area contributed by atoms with Gasteiger partial charge in [0.25, 0.3) is 0 Å². The van der Waals surface area contributed by atoms with E-state index in [1.165, 1.54) is 0 Å². The smallest absolute Gasteiger partial charge is 0.223 e. The van der Waals surface area contributed by atoms with E-state index in [-0.39, 0.29) is 5.91 Å². The van der Waals surface area contributed by atoms with E-state index in [0.29, 0.717) is 25.5 Å². The third-order valence-electron chi connectivity index (χ3n) is 3.75. The van der Waals surface area contributed by atoms with Crippen molar-refractivity contribution in [1.82, 2.24) is 14.9 Å². The number of carbonyl (C=O) groups excluding carboxylic acids is 1. The molecule has 21 heavy (non-hydrogen) atoms. The first-order valence-electron chi connectivity index (χ1n) is 7.27. The van der Waals surface area contributed by atoms with Crippen LogP contribution in [0, 0.1) is 12.8 Å². The highest BCUT2D eigenvalue weighted by Crippen LogP contribution is 2.22. The van der Waals surface area contributed by atoms with Gasteiger partial charge in [-0.25, -0.2) is 9.97 Å². The molecule has 0 aliphatic carbocycles. The number of anilines is 1. The molecule has 1 atom stereocenters. The number of methoxy groups -OCH3 is 1. The molecule has 2 heterocycles. The second kappa shape index (κ2) is 6.85. The molecule has 0 aromatic carbocycles. The number of likely N-dealkylation sites (tertiary alicyclic amines) is 1. The second-order valence-electron chi connectivity index (χ2n) is 5.79. The lowest BCUT2D eigenvalue weighted by Crippen LogP contribution is -2.29. The molecule has 0 unspecified atom stereocenters. The van der Waals surface area contributed by atoms with Crippen LogP contribution in [-0.2, 0) is 16.0 Å². The summed E-state index contributed by atoms with van der Waals surface area (Å²) in [5, 5.41) is 0. The van der Waals surface area contributed by atoms with Crippen molar-refractivity contribution in [3.05, 3.63) is 17.6 Å². The fraction of sp³-hybridized carbons (Fsp3) is 0.667.